The van der Waals surface area contributed by atoms with Crippen LogP contribution in [0.5, 0.6) is 0 Å². The number of aryl methyl sites for hydroxylation is 1. The van der Waals surface area contributed by atoms with Crippen molar-refractivity contribution in [3.8, 4) is 0 Å². The molecule has 0 fully saturated rings. The van der Waals surface area contributed by atoms with Crippen LogP contribution in [0.2, 0.25) is 5.15 Å². The summed E-state index contributed by atoms with van der Waals surface area (Å²) >= 11 is 6.23. The van der Waals surface area contributed by atoms with Gasteiger partial charge in [-0.25, -0.2) is 0 Å². The van der Waals surface area contributed by atoms with Crippen LogP contribution < -0.4 is 5.32 Å². The standard InChI is InChI=1S/C12H22ClN3/c1-5-6-7-14-8-10-11(9(2)3)15-16(4)12(10)13/h9,14H,5-8H2,1-4H3. The minimum Gasteiger partial charge on any atom is -0.312 e. The number of hydrogen-bond donors (Lipinski definition) is 1. The van der Waals surface area contributed by atoms with Gasteiger partial charge >= 0.3 is 0 Å². The number of halogens is 1. The van der Waals surface area contributed by atoms with Crippen molar-refractivity contribution in [2.75, 3.05) is 6.54 Å². The summed E-state index contributed by atoms with van der Waals surface area (Å²) in [6.07, 6.45) is 2.42. The number of rotatable bonds is 6. The Morgan fingerprint density at radius 3 is 2.69 bits per heavy atom. The molecule has 1 N–H and O–H groups in total. The van der Waals surface area contributed by atoms with Crippen molar-refractivity contribution >= 4 is 11.6 Å². The van der Waals surface area contributed by atoms with E-state index in [4.69, 9.17) is 11.6 Å². The molecule has 1 rings (SSSR count). The van der Waals surface area contributed by atoms with Gasteiger partial charge in [-0.2, -0.15) is 5.10 Å². The van der Waals surface area contributed by atoms with Crippen molar-refractivity contribution < 1.29 is 0 Å². The second kappa shape index (κ2) is 6.26. The van der Waals surface area contributed by atoms with Gasteiger partial charge in [0.2, 0.25) is 0 Å². The second-order valence-electron chi connectivity index (χ2n) is 4.46. The highest BCUT2D eigenvalue weighted by Gasteiger charge is 2.16. The third-order valence-corrected chi connectivity index (χ3v) is 3.13. The fourth-order valence-electron chi connectivity index (χ4n) is 1.71. The summed E-state index contributed by atoms with van der Waals surface area (Å²) in [6.45, 7) is 8.35. The number of aromatic nitrogens is 2. The molecule has 0 saturated heterocycles. The largest absolute Gasteiger partial charge is 0.312 e. The molecular formula is C12H22ClN3. The van der Waals surface area contributed by atoms with Gasteiger partial charge in [0.05, 0.1) is 5.69 Å². The van der Waals surface area contributed by atoms with E-state index in [9.17, 15) is 0 Å². The number of nitrogens with one attached hydrogen (secondary N) is 1. The maximum atomic E-state index is 6.23. The van der Waals surface area contributed by atoms with Gasteiger partial charge in [0, 0.05) is 19.2 Å². The molecule has 16 heavy (non-hydrogen) atoms. The molecule has 1 heterocycles. The van der Waals surface area contributed by atoms with E-state index in [1.54, 1.807) is 4.68 Å². The van der Waals surface area contributed by atoms with E-state index in [1.807, 2.05) is 7.05 Å². The van der Waals surface area contributed by atoms with E-state index >= 15 is 0 Å². The van der Waals surface area contributed by atoms with E-state index in [-0.39, 0.29) is 0 Å². The first-order chi connectivity index (χ1) is 7.57. The molecule has 1 aromatic heterocycles. The van der Waals surface area contributed by atoms with Crippen LogP contribution in [0.15, 0.2) is 0 Å². The smallest absolute Gasteiger partial charge is 0.131 e. The van der Waals surface area contributed by atoms with Crippen LogP contribution in [0, 0.1) is 0 Å². The summed E-state index contributed by atoms with van der Waals surface area (Å²) in [7, 11) is 1.89. The van der Waals surface area contributed by atoms with Gasteiger partial charge in [0.15, 0.2) is 0 Å². The number of hydrogen-bond acceptors (Lipinski definition) is 2. The summed E-state index contributed by atoms with van der Waals surface area (Å²) in [5.41, 5.74) is 2.26. The van der Waals surface area contributed by atoms with Crippen LogP contribution in [-0.2, 0) is 13.6 Å². The molecule has 0 amide bonds. The molecular weight excluding hydrogens is 222 g/mol. The molecule has 0 radical (unpaired) electrons. The summed E-state index contributed by atoms with van der Waals surface area (Å²) in [5.74, 6) is 0.418. The third-order valence-electron chi connectivity index (χ3n) is 2.66. The Balaban J connectivity index is 2.69. The summed E-state index contributed by atoms with van der Waals surface area (Å²) in [5, 5.41) is 8.62. The van der Waals surface area contributed by atoms with Gasteiger partial charge in [0.25, 0.3) is 0 Å². The van der Waals surface area contributed by atoms with Crippen molar-refractivity contribution in [2.45, 2.75) is 46.1 Å². The molecule has 4 heteroatoms. The second-order valence-corrected chi connectivity index (χ2v) is 4.82. The molecule has 0 aliphatic heterocycles. The molecule has 0 unspecified atom stereocenters. The van der Waals surface area contributed by atoms with E-state index in [1.165, 1.54) is 12.8 Å². The zero-order valence-corrected chi connectivity index (χ0v) is 11.4. The van der Waals surface area contributed by atoms with E-state index in [2.05, 4.69) is 31.2 Å². The Labute approximate surface area is 103 Å². The first-order valence-corrected chi connectivity index (χ1v) is 6.37. The fourth-order valence-corrected chi connectivity index (χ4v) is 1.91. The summed E-state index contributed by atoms with van der Waals surface area (Å²) in [6, 6.07) is 0. The van der Waals surface area contributed by atoms with Gasteiger partial charge in [0.1, 0.15) is 5.15 Å². The zero-order chi connectivity index (χ0) is 12.1. The van der Waals surface area contributed by atoms with E-state index in [0.717, 1.165) is 29.5 Å². The zero-order valence-electron chi connectivity index (χ0n) is 10.7. The maximum Gasteiger partial charge on any atom is 0.131 e. The Bertz CT molecular complexity index is 331. The van der Waals surface area contributed by atoms with Crippen LogP contribution in [-0.4, -0.2) is 16.3 Å². The van der Waals surface area contributed by atoms with Gasteiger partial charge < -0.3 is 5.32 Å². The lowest BCUT2D eigenvalue weighted by Gasteiger charge is -2.07. The number of nitrogens with zero attached hydrogens (tertiary/aromatic N) is 2. The van der Waals surface area contributed by atoms with Gasteiger partial charge in [-0.1, -0.05) is 38.8 Å². The van der Waals surface area contributed by atoms with Crippen molar-refractivity contribution in [1.29, 1.82) is 0 Å². The summed E-state index contributed by atoms with van der Waals surface area (Å²) < 4.78 is 1.76. The molecule has 0 aliphatic carbocycles. The first kappa shape index (κ1) is 13.5. The molecule has 92 valence electrons. The van der Waals surface area contributed by atoms with Crippen molar-refractivity contribution in [2.24, 2.45) is 7.05 Å². The molecule has 3 nitrogen and oxygen atoms in total. The van der Waals surface area contributed by atoms with E-state index < -0.39 is 0 Å². The monoisotopic (exact) mass is 243 g/mol. The maximum absolute atomic E-state index is 6.23. The highest BCUT2D eigenvalue weighted by atomic mass is 35.5. The van der Waals surface area contributed by atoms with Crippen LogP contribution in [0.1, 0.15) is 50.8 Å². The summed E-state index contributed by atoms with van der Waals surface area (Å²) in [4.78, 5) is 0. The number of unbranched alkanes of at least 4 members (excludes halogenated alkanes) is 1. The average molecular weight is 244 g/mol. The predicted octanol–water partition coefficient (Wildman–Crippen LogP) is 3.09. The first-order valence-electron chi connectivity index (χ1n) is 5.99. The Hall–Kier alpha value is -0.540. The molecule has 0 bridgehead atoms. The molecule has 0 atom stereocenters. The Morgan fingerprint density at radius 2 is 2.12 bits per heavy atom. The topological polar surface area (TPSA) is 29.9 Å². The van der Waals surface area contributed by atoms with Crippen LogP contribution in [0.25, 0.3) is 0 Å². The molecule has 0 spiro atoms. The molecule has 0 aliphatic rings. The highest BCUT2D eigenvalue weighted by molar-refractivity contribution is 6.30. The van der Waals surface area contributed by atoms with Crippen LogP contribution in [0.4, 0.5) is 0 Å². The van der Waals surface area contributed by atoms with Gasteiger partial charge in [-0.3, -0.25) is 4.68 Å². The van der Waals surface area contributed by atoms with Crippen molar-refractivity contribution in [3.63, 3.8) is 0 Å². The van der Waals surface area contributed by atoms with E-state index in [0.29, 0.717) is 5.92 Å². The molecule has 0 aromatic carbocycles. The SMILES string of the molecule is CCCCNCc1c(C(C)C)nn(C)c1Cl. The average Bonchev–Trinajstić information content (AvgIpc) is 2.52. The van der Waals surface area contributed by atoms with Gasteiger partial charge in [-0.15, -0.1) is 0 Å². The minimum absolute atomic E-state index is 0.418. The van der Waals surface area contributed by atoms with Crippen LogP contribution >= 0.6 is 11.6 Å². The normalized spacial score (nSPS) is 11.4. The molecule has 0 saturated carbocycles. The lowest BCUT2D eigenvalue weighted by Crippen LogP contribution is -2.15. The van der Waals surface area contributed by atoms with Crippen molar-refractivity contribution in [3.05, 3.63) is 16.4 Å². The Morgan fingerprint density at radius 1 is 1.44 bits per heavy atom. The van der Waals surface area contributed by atoms with Crippen molar-refractivity contribution in [1.82, 2.24) is 15.1 Å². The lowest BCUT2D eigenvalue weighted by molar-refractivity contribution is 0.635. The Kier molecular flexibility index (Phi) is 5.29. The molecule has 1 aromatic rings. The predicted molar refractivity (Wildman–Crippen MR) is 68.9 cm³/mol. The highest BCUT2D eigenvalue weighted by Crippen LogP contribution is 2.24. The lowest BCUT2D eigenvalue weighted by atomic mass is 10.1. The van der Waals surface area contributed by atoms with Crippen LogP contribution in [0.3, 0.4) is 0 Å². The third kappa shape index (κ3) is 3.22. The quantitative estimate of drug-likeness (QED) is 0.779. The fraction of sp³-hybridized carbons (Fsp3) is 0.750. The van der Waals surface area contributed by atoms with Gasteiger partial charge in [-0.05, 0) is 18.9 Å². The minimum atomic E-state index is 0.418.